The molecule has 0 bridgehead atoms. The van der Waals surface area contributed by atoms with Crippen LogP contribution in [0.3, 0.4) is 0 Å². The Morgan fingerprint density at radius 3 is 1.76 bits per heavy atom. The highest BCUT2D eigenvalue weighted by Gasteiger charge is 1.99. The molecule has 0 atom stereocenters. The normalized spacial score (nSPS) is 10.8. The summed E-state index contributed by atoms with van der Waals surface area (Å²) in [6.45, 7) is 4.22. The first kappa shape index (κ1) is 28.4. The lowest BCUT2D eigenvalue weighted by Crippen LogP contribution is -2.03. The molecule has 0 fully saturated rings. The molecule has 0 aliphatic heterocycles. The molecule has 0 radical (unpaired) electrons. The molecule has 8 nitrogen and oxygen atoms in total. The fourth-order valence-corrected chi connectivity index (χ4v) is 2.22. The number of hydrogen-bond acceptors (Lipinski definition) is 7. The predicted molar refractivity (Wildman–Crippen MR) is 127 cm³/mol. The van der Waals surface area contributed by atoms with Crippen molar-refractivity contribution in [2.24, 2.45) is 0 Å². The third-order valence-corrected chi connectivity index (χ3v) is 4.01. The van der Waals surface area contributed by atoms with E-state index in [4.69, 9.17) is 24.1 Å². The lowest BCUT2D eigenvalue weighted by molar-refractivity contribution is -0.135. The van der Waals surface area contributed by atoms with Gasteiger partial charge in [-0.25, -0.2) is 9.59 Å². The van der Waals surface area contributed by atoms with E-state index in [2.05, 4.69) is 4.74 Å². The topological polar surface area (TPSA) is 101 Å². The van der Waals surface area contributed by atoms with Crippen LogP contribution in [0.2, 0.25) is 0 Å². The second kappa shape index (κ2) is 18.9. The van der Waals surface area contributed by atoms with Crippen molar-refractivity contribution in [3.8, 4) is 0 Å². The van der Waals surface area contributed by atoms with Crippen LogP contribution in [0, 0.1) is 0 Å². The quantitative estimate of drug-likeness (QED) is 0.190. The van der Waals surface area contributed by atoms with Crippen molar-refractivity contribution in [3.05, 3.63) is 96.0 Å². The molecule has 0 amide bonds. The van der Waals surface area contributed by atoms with Crippen molar-refractivity contribution < 1.29 is 38.4 Å². The number of rotatable bonds is 14. The van der Waals surface area contributed by atoms with Gasteiger partial charge in [0.15, 0.2) is 0 Å². The maximum absolute atomic E-state index is 10.7. The molecule has 0 saturated heterocycles. The van der Waals surface area contributed by atoms with E-state index >= 15 is 0 Å². The Bertz CT molecular complexity index is 861. The van der Waals surface area contributed by atoms with Gasteiger partial charge >= 0.3 is 11.9 Å². The molecule has 2 rings (SSSR count). The number of aliphatic carboxylic acids is 1. The van der Waals surface area contributed by atoms with Crippen molar-refractivity contribution in [3.63, 3.8) is 0 Å². The van der Waals surface area contributed by atoms with Crippen molar-refractivity contribution in [1.82, 2.24) is 0 Å². The summed E-state index contributed by atoms with van der Waals surface area (Å²) in [6.07, 6.45) is 3.75. The Hall–Kier alpha value is -3.62. The Labute approximate surface area is 200 Å². The molecule has 0 aromatic heterocycles. The number of carboxylic acid groups (broad SMARTS) is 1. The fourth-order valence-electron chi connectivity index (χ4n) is 2.22. The molecule has 0 spiro atoms. The van der Waals surface area contributed by atoms with E-state index in [0.29, 0.717) is 39.6 Å². The van der Waals surface area contributed by atoms with Crippen LogP contribution in [0.25, 0.3) is 0 Å². The van der Waals surface area contributed by atoms with Gasteiger partial charge < -0.3 is 28.8 Å². The third-order valence-electron chi connectivity index (χ3n) is 4.01. The number of benzene rings is 2. The second-order valence-corrected chi connectivity index (χ2v) is 6.75. The van der Waals surface area contributed by atoms with Crippen molar-refractivity contribution in [2.45, 2.75) is 20.1 Å². The first-order valence-electron chi connectivity index (χ1n) is 10.6. The number of carbonyl (C=O) groups is 2. The molecule has 34 heavy (non-hydrogen) atoms. The average molecular weight is 473 g/mol. The van der Waals surface area contributed by atoms with Gasteiger partial charge in [-0.05, 0) is 18.1 Å². The maximum atomic E-state index is 10.7. The molecule has 0 unspecified atom stereocenters. The lowest BCUT2D eigenvalue weighted by Gasteiger charge is -2.04. The fraction of sp³-hybridized carbons (Fsp3) is 0.308. The Kier molecular flexibility index (Phi) is 15.8. The maximum Gasteiger partial charge on any atom is 0.334 e. The molecule has 1 N–H and O–H groups in total. The van der Waals surface area contributed by atoms with Crippen molar-refractivity contribution in [2.75, 3.05) is 33.5 Å². The molecule has 2 aromatic rings. The van der Waals surface area contributed by atoms with Gasteiger partial charge in [-0.2, -0.15) is 0 Å². The van der Waals surface area contributed by atoms with Crippen LogP contribution in [-0.4, -0.2) is 50.6 Å². The summed E-state index contributed by atoms with van der Waals surface area (Å²) in [4.78, 5) is 21.1. The van der Waals surface area contributed by atoms with E-state index in [1.54, 1.807) is 0 Å². The molecule has 0 aliphatic rings. The monoisotopic (exact) mass is 472 g/mol. The van der Waals surface area contributed by atoms with Crippen molar-refractivity contribution in [1.29, 1.82) is 0 Å². The highest BCUT2D eigenvalue weighted by Crippen LogP contribution is 2.01. The SMILES string of the molecule is CC(=COCCOCc1ccccc1)C(=O)O.COC(=O)C=COCCOCc1ccccc1. The molecular formula is C26H32O8. The Morgan fingerprint density at radius 2 is 1.29 bits per heavy atom. The summed E-state index contributed by atoms with van der Waals surface area (Å²) in [6, 6.07) is 19.7. The highest BCUT2D eigenvalue weighted by atomic mass is 16.5. The smallest absolute Gasteiger partial charge is 0.334 e. The zero-order valence-electron chi connectivity index (χ0n) is 19.6. The molecule has 0 saturated carbocycles. The average Bonchev–Trinajstić information content (AvgIpc) is 2.86. The highest BCUT2D eigenvalue weighted by molar-refractivity contribution is 5.85. The molecular weight excluding hydrogens is 440 g/mol. The zero-order chi connectivity index (χ0) is 24.9. The first-order valence-corrected chi connectivity index (χ1v) is 10.6. The Morgan fingerprint density at radius 1 is 0.794 bits per heavy atom. The molecule has 184 valence electrons. The number of esters is 1. The molecule has 8 heteroatoms. The van der Waals surface area contributed by atoms with Gasteiger partial charge in [-0.1, -0.05) is 60.7 Å². The number of ether oxygens (including phenoxy) is 5. The summed E-state index contributed by atoms with van der Waals surface area (Å²) >= 11 is 0. The van der Waals surface area contributed by atoms with E-state index in [0.717, 1.165) is 11.1 Å². The van der Waals surface area contributed by atoms with Crippen LogP contribution in [0.15, 0.2) is 84.8 Å². The minimum Gasteiger partial charge on any atom is -0.499 e. The summed E-state index contributed by atoms with van der Waals surface area (Å²) in [7, 11) is 1.32. The summed E-state index contributed by atoms with van der Waals surface area (Å²) in [5.74, 6) is -1.41. The number of carbonyl (C=O) groups excluding carboxylic acids is 1. The second-order valence-electron chi connectivity index (χ2n) is 6.75. The van der Waals surface area contributed by atoms with Crippen LogP contribution in [0.1, 0.15) is 18.1 Å². The summed E-state index contributed by atoms with van der Waals surface area (Å²) in [5, 5.41) is 8.55. The van der Waals surface area contributed by atoms with Crippen LogP contribution in [-0.2, 0) is 46.5 Å². The van der Waals surface area contributed by atoms with E-state index in [1.165, 1.54) is 32.6 Å². The molecule has 2 aromatic carbocycles. The molecule has 0 aliphatic carbocycles. The zero-order valence-corrected chi connectivity index (χ0v) is 19.6. The predicted octanol–water partition coefficient (Wildman–Crippen LogP) is 4.11. The largest absolute Gasteiger partial charge is 0.499 e. The van der Waals surface area contributed by atoms with Crippen molar-refractivity contribution >= 4 is 11.9 Å². The van der Waals surface area contributed by atoms with Gasteiger partial charge in [0.1, 0.15) is 13.2 Å². The van der Waals surface area contributed by atoms with Gasteiger partial charge in [0, 0.05) is 0 Å². The van der Waals surface area contributed by atoms with Gasteiger partial charge in [0.25, 0.3) is 0 Å². The van der Waals surface area contributed by atoms with Gasteiger partial charge in [0.2, 0.25) is 0 Å². The van der Waals surface area contributed by atoms with Crippen LogP contribution < -0.4 is 0 Å². The van der Waals surface area contributed by atoms with E-state index in [9.17, 15) is 9.59 Å². The number of carboxylic acids is 1. The first-order chi connectivity index (χ1) is 16.5. The van der Waals surface area contributed by atoms with Crippen LogP contribution in [0.4, 0.5) is 0 Å². The third kappa shape index (κ3) is 15.2. The van der Waals surface area contributed by atoms with Crippen LogP contribution in [0.5, 0.6) is 0 Å². The Balaban J connectivity index is 0.000000340. The van der Waals surface area contributed by atoms with Gasteiger partial charge in [0.05, 0.1) is 57.7 Å². The van der Waals surface area contributed by atoms with E-state index in [1.807, 2.05) is 60.7 Å². The van der Waals surface area contributed by atoms with Crippen LogP contribution >= 0.6 is 0 Å². The summed E-state index contributed by atoms with van der Waals surface area (Å²) in [5.41, 5.74) is 2.40. The number of hydrogen-bond donors (Lipinski definition) is 1. The van der Waals surface area contributed by atoms with Gasteiger partial charge in [-0.15, -0.1) is 0 Å². The lowest BCUT2D eigenvalue weighted by atomic mass is 10.2. The minimum absolute atomic E-state index is 0.174. The standard InChI is InChI=1S/2C13H16O4/c1-11(13(14)15)9-16-7-8-17-10-12-5-3-2-4-6-12;1-15-13(14)7-8-16-9-10-17-11-12-5-3-2-4-6-12/h2-6,9H,7-8,10H2,1H3,(H,14,15);2-8H,9-11H2,1H3. The minimum atomic E-state index is -0.977. The summed E-state index contributed by atoms with van der Waals surface area (Å²) < 4.78 is 25.2. The van der Waals surface area contributed by atoms with Gasteiger partial charge in [-0.3, -0.25) is 0 Å². The van der Waals surface area contributed by atoms with E-state index < -0.39 is 11.9 Å². The number of methoxy groups -OCH3 is 1. The molecule has 0 heterocycles. The van der Waals surface area contributed by atoms with E-state index in [-0.39, 0.29) is 5.57 Å².